The molecule has 25 heavy (non-hydrogen) atoms. The Labute approximate surface area is 153 Å². The zero-order valence-corrected chi connectivity index (χ0v) is 15.5. The van der Waals surface area contributed by atoms with E-state index in [-0.39, 0.29) is 5.97 Å². The van der Waals surface area contributed by atoms with E-state index in [4.69, 9.17) is 16.3 Å². The molecule has 1 N–H and O–H groups in total. The lowest BCUT2D eigenvalue weighted by Crippen LogP contribution is -2.03. The molecule has 0 amide bonds. The van der Waals surface area contributed by atoms with Crippen molar-refractivity contribution in [3.05, 3.63) is 69.4 Å². The van der Waals surface area contributed by atoms with Crippen molar-refractivity contribution in [1.82, 2.24) is 4.98 Å². The van der Waals surface area contributed by atoms with E-state index in [1.807, 2.05) is 36.4 Å². The van der Waals surface area contributed by atoms with Crippen molar-refractivity contribution in [2.45, 2.75) is 33.1 Å². The molecule has 1 heterocycles. The molecule has 0 atom stereocenters. The highest BCUT2D eigenvalue weighted by Gasteiger charge is 2.17. The van der Waals surface area contributed by atoms with Crippen LogP contribution in [0.5, 0.6) is 0 Å². The van der Waals surface area contributed by atoms with Crippen LogP contribution in [0.2, 0.25) is 5.02 Å². The third-order valence-corrected chi connectivity index (χ3v) is 5.01. The largest absolute Gasteiger partial charge is 0.465 e. The fraction of sp³-hybridized carbons (Fsp3) is 0.286. The number of esters is 1. The Balaban J connectivity index is 2.24. The molecule has 0 unspecified atom stereocenters. The van der Waals surface area contributed by atoms with E-state index in [9.17, 15) is 4.79 Å². The van der Waals surface area contributed by atoms with Crippen molar-refractivity contribution in [1.29, 1.82) is 0 Å². The number of carbonyl (C=O) groups excluding carboxylic acids is 1. The molecule has 0 bridgehead atoms. The van der Waals surface area contributed by atoms with Crippen LogP contribution >= 0.6 is 11.6 Å². The van der Waals surface area contributed by atoms with E-state index in [1.54, 1.807) is 0 Å². The van der Waals surface area contributed by atoms with Crippen LogP contribution in [-0.4, -0.2) is 18.1 Å². The molecule has 0 spiro atoms. The minimum atomic E-state index is -0.326. The molecule has 3 rings (SSSR count). The number of ether oxygens (including phenoxy) is 1. The van der Waals surface area contributed by atoms with Gasteiger partial charge in [0.1, 0.15) is 0 Å². The molecule has 130 valence electrons. The average molecular weight is 356 g/mol. The first kappa shape index (κ1) is 17.6. The molecular formula is C21H22ClNO2. The Morgan fingerprint density at radius 3 is 2.52 bits per heavy atom. The van der Waals surface area contributed by atoms with E-state index in [2.05, 4.69) is 18.8 Å². The number of aromatic nitrogens is 1. The molecule has 0 saturated carbocycles. The molecule has 4 heteroatoms. The van der Waals surface area contributed by atoms with Gasteiger partial charge in [-0.25, -0.2) is 4.79 Å². The van der Waals surface area contributed by atoms with E-state index >= 15 is 0 Å². The summed E-state index contributed by atoms with van der Waals surface area (Å²) < 4.78 is 4.92. The minimum absolute atomic E-state index is 0.326. The molecule has 0 aliphatic carbocycles. The Morgan fingerprint density at radius 1 is 1.12 bits per heavy atom. The van der Waals surface area contributed by atoms with Crippen LogP contribution in [0.25, 0.3) is 10.9 Å². The highest BCUT2D eigenvalue weighted by atomic mass is 35.5. The topological polar surface area (TPSA) is 42.1 Å². The van der Waals surface area contributed by atoms with Gasteiger partial charge in [-0.3, -0.25) is 0 Å². The number of hydrogen-bond donors (Lipinski definition) is 1. The summed E-state index contributed by atoms with van der Waals surface area (Å²) in [4.78, 5) is 15.6. The van der Waals surface area contributed by atoms with Gasteiger partial charge in [0.2, 0.25) is 0 Å². The summed E-state index contributed by atoms with van der Waals surface area (Å²) in [6, 6.07) is 11.7. The number of benzene rings is 2. The lowest BCUT2D eigenvalue weighted by atomic mass is 9.95. The second-order valence-corrected chi connectivity index (χ2v) is 6.51. The van der Waals surface area contributed by atoms with Gasteiger partial charge in [-0.05, 0) is 54.2 Å². The number of halogens is 1. The Hall–Kier alpha value is -2.26. The monoisotopic (exact) mass is 355 g/mol. The zero-order chi connectivity index (χ0) is 18.0. The van der Waals surface area contributed by atoms with Crippen molar-refractivity contribution in [3.63, 3.8) is 0 Å². The molecule has 0 saturated heterocycles. The van der Waals surface area contributed by atoms with E-state index in [0.29, 0.717) is 12.0 Å². The Morgan fingerprint density at radius 2 is 1.88 bits per heavy atom. The van der Waals surface area contributed by atoms with E-state index in [1.165, 1.54) is 23.8 Å². The number of methoxy groups -OCH3 is 1. The number of aromatic amines is 1. The van der Waals surface area contributed by atoms with Crippen LogP contribution in [0.1, 0.15) is 46.6 Å². The van der Waals surface area contributed by atoms with Crippen LogP contribution in [0.15, 0.2) is 36.4 Å². The molecule has 0 aliphatic heterocycles. The van der Waals surface area contributed by atoms with Gasteiger partial charge < -0.3 is 9.72 Å². The highest BCUT2D eigenvalue weighted by molar-refractivity contribution is 6.31. The summed E-state index contributed by atoms with van der Waals surface area (Å²) in [6.07, 6.45) is 2.54. The number of nitrogens with one attached hydrogen (secondary N) is 1. The number of rotatable bonds is 5. The van der Waals surface area contributed by atoms with Gasteiger partial charge in [-0.1, -0.05) is 43.6 Å². The van der Waals surface area contributed by atoms with Crippen molar-refractivity contribution in [3.8, 4) is 0 Å². The van der Waals surface area contributed by atoms with Gasteiger partial charge in [-0.15, -0.1) is 0 Å². The van der Waals surface area contributed by atoms with Gasteiger partial charge >= 0.3 is 5.97 Å². The van der Waals surface area contributed by atoms with Gasteiger partial charge in [0, 0.05) is 21.6 Å². The highest BCUT2D eigenvalue weighted by Crippen LogP contribution is 2.31. The van der Waals surface area contributed by atoms with Gasteiger partial charge in [-0.2, -0.15) is 0 Å². The lowest BCUT2D eigenvalue weighted by molar-refractivity contribution is 0.0601. The van der Waals surface area contributed by atoms with E-state index < -0.39 is 0 Å². The summed E-state index contributed by atoms with van der Waals surface area (Å²) in [7, 11) is 1.41. The standard InChI is InChI=1S/C21H22ClNO2/c1-4-16-18(5-2)23-19-12-15(21(24)25-3)11-14(20(16)19)10-13-8-6-7-9-17(13)22/h6-9,11-12,23H,4-5,10H2,1-3H3. The van der Waals surface area contributed by atoms with Crippen molar-refractivity contribution in [2.24, 2.45) is 0 Å². The molecule has 3 nitrogen and oxygen atoms in total. The van der Waals surface area contributed by atoms with Crippen molar-refractivity contribution >= 4 is 28.5 Å². The quantitative estimate of drug-likeness (QED) is 0.629. The maximum absolute atomic E-state index is 12.1. The van der Waals surface area contributed by atoms with Crippen LogP contribution in [-0.2, 0) is 24.0 Å². The van der Waals surface area contributed by atoms with E-state index in [0.717, 1.165) is 34.5 Å². The summed E-state index contributed by atoms with van der Waals surface area (Å²) in [6.45, 7) is 4.30. The third-order valence-electron chi connectivity index (χ3n) is 4.64. The molecule has 0 aliphatic rings. The number of hydrogen-bond acceptors (Lipinski definition) is 2. The summed E-state index contributed by atoms with van der Waals surface area (Å²) in [5.74, 6) is -0.326. The van der Waals surface area contributed by atoms with Crippen LogP contribution < -0.4 is 0 Å². The summed E-state index contributed by atoms with van der Waals surface area (Å²) in [5, 5.41) is 1.94. The summed E-state index contributed by atoms with van der Waals surface area (Å²) in [5.41, 5.74) is 6.23. The first-order valence-electron chi connectivity index (χ1n) is 8.57. The third kappa shape index (κ3) is 3.29. The number of fused-ring (bicyclic) bond motifs is 1. The van der Waals surface area contributed by atoms with Crippen LogP contribution in [0.3, 0.4) is 0 Å². The van der Waals surface area contributed by atoms with Crippen LogP contribution in [0.4, 0.5) is 0 Å². The summed E-state index contributed by atoms with van der Waals surface area (Å²) >= 11 is 6.36. The Bertz CT molecular complexity index is 927. The zero-order valence-electron chi connectivity index (χ0n) is 14.8. The predicted octanol–water partition coefficient (Wildman–Crippen LogP) is 5.32. The number of carbonyl (C=O) groups is 1. The maximum atomic E-state index is 12.1. The molecule has 0 fully saturated rings. The second kappa shape index (κ2) is 7.32. The average Bonchev–Trinajstić information content (AvgIpc) is 3.00. The predicted molar refractivity (Wildman–Crippen MR) is 103 cm³/mol. The Kier molecular flexibility index (Phi) is 5.14. The maximum Gasteiger partial charge on any atom is 0.337 e. The van der Waals surface area contributed by atoms with Crippen LogP contribution in [0, 0.1) is 0 Å². The van der Waals surface area contributed by atoms with Gasteiger partial charge in [0.05, 0.1) is 12.7 Å². The minimum Gasteiger partial charge on any atom is -0.465 e. The molecular weight excluding hydrogens is 334 g/mol. The lowest BCUT2D eigenvalue weighted by Gasteiger charge is -2.10. The first-order valence-corrected chi connectivity index (χ1v) is 8.94. The molecule has 1 aromatic heterocycles. The van der Waals surface area contributed by atoms with Crippen molar-refractivity contribution < 1.29 is 9.53 Å². The molecule has 3 aromatic rings. The number of aryl methyl sites for hydroxylation is 2. The first-order chi connectivity index (χ1) is 12.1. The normalized spacial score (nSPS) is 11.0. The van der Waals surface area contributed by atoms with Gasteiger partial charge in [0.25, 0.3) is 0 Å². The smallest absolute Gasteiger partial charge is 0.337 e. The molecule has 0 radical (unpaired) electrons. The van der Waals surface area contributed by atoms with Gasteiger partial charge in [0.15, 0.2) is 0 Å². The SMILES string of the molecule is CCc1[nH]c2cc(C(=O)OC)cc(Cc3ccccc3Cl)c2c1CC. The fourth-order valence-electron chi connectivity index (χ4n) is 3.46. The number of H-pyrrole nitrogens is 1. The van der Waals surface area contributed by atoms with Crippen molar-refractivity contribution in [2.75, 3.05) is 7.11 Å². The molecule has 2 aromatic carbocycles. The second-order valence-electron chi connectivity index (χ2n) is 6.11. The fourth-order valence-corrected chi connectivity index (χ4v) is 3.66.